The number of carbonyl (C=O) groups excluding carboxylic acids is 1. The number of rotatable bonds is 5. The van der Waals surface area contributed by atoms with Crippen molar-refractivity contribution in [3.63, 3.8) is 0 Å². The average molecular weight is 460 g/mol. The number of anilines is 1. The fourth-order valence-corrected chi connectivity index (χ4v) is 4.79. The van der Waals surface area contributed by atoms with Crippen LogP contribution < -0.4 is 10.2 Å². The van der Waals surface area contributed by atoms with E-state index in [2.05, 4.69) is 31.3 Å². The summed E-state index contributed by atoms with van der Waals surface area (Å²) >= 11 is 1.52. The Labute approximate surface area is 196 Å². The lowest BCUT2D eigenvalue weighted by Gasteiger charge is -2.30. The van der Waals surface area contributed by atoms with Crippen molar-refractivity contribution in [3.8, 4) is 11.1 Å². The number of hydrogen-bond acceptors (Lipinski definition) is 7. The number of nitrogens with zero attached hydrogens (tertiary/aromatic N) is 6. The van der Waals surface area contributed by atoms with E-state index in [1.165, 1.54) is 16.9 Å². The van der Waals surface area contributed by atoms with Gasteiger partial charge in [-0.25, -0.2) is 4.98 Å². The summed E-state index contributed by atoms with van der Waals surface area (Å²) in [5.74, 6) is 0.776. The molecule has 9 heteroatoms. The summed E-state index contributed by atoms with van der Waals surface area (Å²) < 4.78 is 1.83. The second-order valence-corrected chi connectivity index (χ2v) is 9.29. The van der Waals surface area contributed by atoms with Crippen LogP contribution in [0, 0.1) is 13.8 Å². The lowest BCUT2D eigenvalue weighted by atomic mass is 10.0. The van der Waals surface area contributed by atoms with Gasteiger partial charge in [0.2, 0.25) is 0 Å². The Balaban J connectivity index is 1.33. The molecule has 1 aliphatic rings. The van der Waals surface area contributed by atoms with E-state index < -0.39 is 0 Å². The first-order valence-corrected chi connectivity index (χ1v) is 11.7. The highest BCUT2D eigenvalue weighted by Crippen LogP contribution is 2.29. The van der Waals surface area contributed by atoms with Gasteiger partial charge in [0.1, 0.15) is 5.82 Å². The zero-order chi connectivity index (χ0) is 22.9. The maximum absolute atomic E-state index is 12.5. The van der Waals surface area contributed by atoms with Gasteiger partial charge in [-0.05, 0) is 37.1 Å². The van der Waals surface area contributed by atoms with Crippen molar-refractivity contribution in [2.75, 3.05) is 11.4 Å². The SMILES string of the molecule is Cc1cc(C(=O)NCc2cncs2)cnc1N1CCc2ncc(-c3cn(C)nc3C)cc2C1. The molecule has 0 aromatic carbocycles. The molecule has 33 heavy (non-hydrogen) atoms. The van der Waals surface area contributed by atoms with E-state index >= 15 is 0 Å². The van der Waals surface area contributed by atoms with Crippen molar-refractivity contribution in [2.45, 2.75) is 33.4 Å². The number of fused-ring (bicyclic) bond motifs is 1. The molecular formula is C24H25N7OS. The van der Waals surface area contributed by atoms with E-state index in [0.29, 0.717) is 12.1 Å². The van der Waals surface area contributed by atoms with Gasteiger partial charge in [-0.2, -0.15) is 5.10 Å². The van der Waals surface area contributed by atoms with Crippen LogP contribution in [0.2, 0.25) is 0 Å². The van der Waals surface area contributed by atoms with Gasteiger partial charge in [-0.15, -0.1) is 11.3 Å². The second kappa shape index (κ2) is 8.74. The fourth-order valence-electron chi connectivity index (χ4n) is 4.26. The maximum Gasteiger partial charge on any atom is 0.253 e. The van der Waals surface area contributed by atoms with Gasteiger partial charge in [0, 0.05) is 73.0 Å². The van der Waals surface area contributed by atoms with Crippen molar-refractivity contribution in [2.24, 2.45) is 7.05 Å². The lowest BCUT2D eigenvalue weighted by Crippen LogP contribution is -2.32. The molecule has 4 aromatic rings. The molecule has 168 valence electrons. The molecule has 0 bridgehead atoms. The third-order valence-corrected chi connectivity index (χ3v) is 6.66. The van der Waals surface area contributed by atoms with Crippen molar-refractivity contribution in [3.05, 3.63) is 75.4 Å². The number of nitrogens with one attached hydrogen (secondary N) is 1. The van der Waals surface area contributed by atoms with Crippen LogP contribution in [0.3, 0.4) is 0 Å². The summed E-state index contributed by atoms with van der Waals surface area (Å²) in [5.41, 5.74) is 8.82. The molecule has 0 radical (unpaired) electrons. The highest BCUT2D eigenvalue weighted by atomic mass is 32.1. The van der Waals surface area contributed by atoms with Crippen molar-refractivity contribution < 1.29 is 4.79 Å². The van der Waals surface area contributed by atoms with E-state index in [4.69, 9.17) is 4.98 Å². The average Bonchev–Trinajstić information content (AvgIpc) is 3.45. The standard InChI is InChI=1S/C24H25N7OS/c1-15-6-18(24(32)28-11-20-10-25-14-33-20)9-27-23(15)31-5-4-22-19(12-31)7-17(8-26-22)21-13-30(3)29-16(21)2/h6-10,13-14H,4-5,11-12H2,1-3H3,(H,28,32). The van der Waals surface area contributed by atoms with Gasteiger partial charge in [0.05, 0.1) is 23.3 Å². The molecule has 0 unspecified atom stereocenters. The minimum absolute atomic E-state index is 0.129. The molecule has 0 spiro atoms. The summed E-state index contributed by atoms with van der Waals surface area (Å²) in [6.07, 6.45) is 8.26. The van der Waals surface area contributed by atoms with Gasteiger partial charge in [0.15, 0.2) is 0 Å². The molecule has 1 N–H and O–H groups in total. The molecular weight excluding hydrogens is 434 g/mol. The van der Waals surface area contributed by atoms with E-state index in [0.717, 1.165) is 58.3 Å². The van der Waals surface area contributed by atoms with E-state index in [9.17, 15) is 4.79 Å². The van der Waals surface area contributed by atoms with Gasteiger partial charge in [-0.3, -0.25) is 19.4 Å². The fraction of sp³-hybridized carbons (Fsp3) is 0.292. The minimum Gasteiger partial charge on any atom is -0.352 e. The van der Waals surface area contributed by atoms with E-state index in [1.54, 1.807) is 17.9 Å². The number of thiazole rings is 1. The number of pyridine rings is 2. The molecule has 4 aromatic heterocycles. The predicted molar refractivity (Wildman–Crippen MR) is 128 cm³/mol. The maximum atomic E-state index is 12.5. The predicted octanol–water partition coefficient (Wildman–Crippen LogP) is 3.44. The van der Waals surface area contributed by atoms with Crippen LogP contribution in [-0.2, 0) is 26.6 Å². The van der Waals surface area contributed by atoms with Crippen LogP contribution >= 0.6 is 11.3 Å². The van der Waals surface area contributed by atoms with E-state index in [1.807, 2.05) is 44.0 Å². The summed E-state index contributed by atoms with van der Waals surface area (Å²) in [4.78, 5) is 29.3. The Morgan fingerprint density at radius 3 is 2.79 bits per heavy atom. The molecule has 0 fully saturated rings. The summed E-state index contributed by atoms with van der Waals surface area (Å²) in [6.45, 7) is 6.07. The van der Waals surface area contributed by atoms with Gasteiger partial charge in [-0.1, -0.05) is 0 Å². The van der Waals surface area contributed by atoms with Crippen LogP contribution in [0.4, 0.5) is 5.82 Å². The van der Waals surface area contributed by atoms with Crippen molar-refractivity contribution in [1.29, 1.82) is 0 Å². The third-order valence-electron chi connectivity index (χ3n) is 5.88. The Bertz CT molecular complexity index is 1310. The summed E-state index contributed by atoms with van der Waals surface area (Å²) in [6, 6.07) is 4.13. The first-order valence-electron chi connectivity index (χ1n) is 10.8. The highest BCUT2D eigenvalue weighted by molar-refractivity contribution is 7.09. The van der Waals surface area contributed by atoms with Crippen LogP contribution in [0.5, 0.6) is 0 Å². The van der Waals surface area contributed by atoms with Gasteiger partial charge >= 0.3 is 0 Å². The minimum atomic E-state index is -0.129. The topological polar surface area (TPSA) is 88.8 Å². The number of aromatic nitrogens is 5. The normalized spacial score (nSPS) is 13.1. The van der Waals surface area contributed by atoms with E-state index in [-0.39, 0.29) is 5.91 Å². The smallest absolute Gasteiger partial charge is 0.253 e. The summed E-state index contributed by atoms with van der Waals surface area (Å²) in [5, 5.41) is 7.39. The molecule has 8 nitrogen and oxygen atoms in total. The third kappa shape index (κ3) is 4.36. The Morgan fingerprint density at radius 1 is 1.18 bits per heavy atom. The van der Waals surface area contributed by atoms with Crippen LogP contribution in [-0.4, -0.2) is 37.2 Å². The molecule has 5 heterocycles. The van der Waals surface area contributed by atoms with Crippen LogP contribution in [0.1, 0.15) is 37.7 Å². The lowest BCUT2D eigenvalue weighted by molar-refractivity contribution is 0.0951. The Morgan fingerprint density at radius 2 is 2.06 bits per heavy atom. The molecule has 0 saturated heterocycles. The van der Waals surface area contributed by atoms with Crippen LogP contribution in [0.15, 0.2) is 42.4 Å². The first kappa shape index (κ1) is 21.3. The van der Waals surface area contributed by atoms with Gasteiger partial charge in [0.25, 0.3) is 5.91 Å². The zero-order valence-electron chi connectivity index (χ0n) is 18.9. The molecule has 1 aliphatic heterocycles. The first-order chi connectivity index (χ1) is 16.0. The summed E-state index contributed by atoms with van der Waals surface area (Å²) in [7, 11) is 1.93. The molecule has 0 saturated carbocycles. The van der Waals surface area contributed by atoms with Crippen molar-refractivity contribution >= 4 is 23.1 Å². The van der Waals surface area contributed by atoms with Crippen molar-refractivity contribution in [1.82, 2.24) is 30.0 Å². The number of hydrogen-bond donors (Lipinski definition) is 1. The Kier molecular flexibility index (Phi) is 5.63. The monoisotopic (exact) mass is 459 g/mol. The number of carbonyl (C=O) groups is 1. The number of aryl methyl sites for hydroxylation is 3. The zero-order valence-corrected chi connectivity index (χ0v) is 19.7. The largest absolute Gasteiger partial charge is 0.352 e. The molecule has 5 rings (SSSR count). The quantitative estimate of drug-likeness (QED) is 0.492. The highest BCUT2D eigenvalue weighted by Gasteiger charge is 2.22. The Hall–Kier alpha value is -3.59. The van der Waals surface area contributed by atoms with Crippen LogP contribution in [0.25, 0.3) is 11.1 Å². The second-order valence-electron chi connectivity index (χ2n) is 8.32. The number of amides is 1. The molecule has 0 atom stereocenters. The molecule has 1 amide bonds. The molecule has 0 aliphatic carbocycles. The van der Waals surface area contributed by atoms with Gasteiger partial charge < -0.3 is 10.2 Å².